The summed E-state index contributed by atoms with van der Waals surface area (Å²) in [6.45, 7) is 13.9. The maximum absolute atomic E-state index is 14.2. The number of benzene rings is 3. The first-order chi connectivity index (χ1) is 25.2. The first-order valence-corrected chi connectivity index (χ1v) is 18.7. The third kappa shape index (κ3) is 8.30. The minimum atomic E-state index is -0.388. The number of nitrogens with one attached hydrogen (secondary N) is 1. The largest absolute Gasteiger partial charge is 0.388 e. The summed E-state index contributed by atoms with van der Waals surface area (Å²) < 4.78 is 22.6. The first-order valence-electron chi connectivity index (χ1n) is 18.3. The lowest BCUT2D eigenvalue weighted by molar-refractivity contribution is -0.109. The van der Waals surface area contributed by atoms with E-state index in [1.807, 2.05) is 25.3 Å². The number of aryl methyl sites for hydroxylation is 1. The number of aromatic nitrogens is 2. The number of hydrogen-bond acceptors (Lipinski definition) is 6. The molecule has 1 aliphatic heterocycles. The first kappa shape index (κ1) is 37.4. The number of imidazole rings is 1. The van der Waals surface area contributed by atoms with Crippen LogP contribution >= 0.6 is 11.6 Å². The van der Waals surface area contributed by atoms with Crippen LogP contribution in [0.15, 0.2) is 89.1 Å². The Hall–Kier alpha value is -4.37. The fourth-order valence-electron chi connectivity index (χ4n) is 7.16. The number of fused-ring (bicyclic) bond motifs is 1. The highest BCUT2D eigenvalue weighted by atomic mass is 35.5. The summed E-state index contributed by atoms with van der Waals surface area (Å²) >= 11 is 5.89. The highest BCUT2D eigenvalue weighted by Crippen LogP contribution is 2.50. The molecule has 7 nitrogen and oxygen atoms in total. The molecule has 6 rings (SSSR count). The summed E-state index contributed by atoms with van der Waals surface area (Å²) in [6, 6.07) is 15.7. The molecule has 1 N–H and O–H groups in total. The van der Waals surface area contributed by atoms with Crippen molar-refractivity contribution in [1.29, 1.82) is 0 Å². The van der Waals surface area contributed by atoms with Gasteiger partial charge in [0.2, 0.25) is 0 Å². The van der Waals surface area contributed by atoms with Crippen LogP contribution in [0.5, 0.6) is 0 Å². The molecule has 1 aliphatic carbocycles. The Kier molecular flexibility index (Phi) is 11.9. The Morgan fingerprint density at radius 1 is 1.19 bits per heavy atom. The van der Waals surface area contributed by atoms with Crippen LogP contribution in [0.3, 0.4) is 0 Å². The monoisotopic (exact) mass is 721 g/mol. The Morgan fingerprint density at radius 3 is 2.69 bits per heavy atom. The van der Waals surface area contributed by atoms with Crippen LogP contribution in [0.25, 0.3) is 22.2 Å². The minimum Gasteiger partial charge on any atom is -0.388 e. The zero-order valence-electron chi connectivity index (χ0n) is 30.7. The van der Waals surface area contributed by atoms with Gasteiger partial charge in [-0.15, -0.1) is 0 Å². The van der Waals surface area contributed by atoms with Crippen LogP contribution in [0.2, 0.25) is 5.02 Å². The number of rotatable bonds is 16. The smallest absolute Gasteiger partial charge is 0.130 e. The lowest BCUT2D eigenvalue weighted by Crippen LogP contribution is -2.30. The SMILES string of the molecule is C=N/C(=C\C=C/Cc1ccc(Cl)cc1F)C1=CCN(Cc2nc3ccc(-c4cc(C)c(NC)c(C5(C=O)CC5)c4)cc3n2CC(C)OCCC)CC1. The van der Waals surface area contributed by atoms with Gasteiger partial charge in [-0.2, -0.15) is 0 Å². The van der Waals surface area contributed by atoms with Crippen LogP contribution in [-0.2, 0) is 34.5 Å². The molecule has 3 aromatic carbocycles. The minimum absolute atomic E-state index is 0.0225. The van der Waals surface area contributed by atoms with Crippen LogP contribution in [0.4, 0.5) is 10.1 Å². The van der Waals surface area contributed by atoms with Crippen molar-refractivity contribution in [2.75, 3.05) is 32.1 Å². The quantitative estimate of drug-likeness (QED) is 0.0709. The Bertz CT molecular complexity index is 2040. The van der Waals surface area contributed by atoms with Crippen LogP contribution in [-0.4, -0.2) is 60.3 Å². The van der Waals surface area contributed by atoms with Crippen molar-refractivity contribution < 1.29 is 13.9 Å². The van der Waals surface area contributed by atoms with E-state index >= 15 is 0 Å². The molecule has 1 atom stereocenters. The number of nitrogens with zero attached hydrogens (tertiary/aromatic N) is 4. The molecule has 0 radical (unpaired) electrons. The lowest BCUT2D eigenvalue weighted by Gasteiger charge is -2.26. The topological polar surface area (TPSA) is 71.8 Å². The second-order valence-electron chi connectivity index (χ2n) is 14.1. The van der Waals surface area contributed by atoms with Gasteiger partial charge in [0.15, 0.2) is 0 Å². The number of allylic oxidation sites excluding steroid dienone is 4. The summed E-state index contributed by atoms with van der Waals surface area (Å²) in [7, 11) is 1.93. The molecule has 9 heteroatoms. The summed E-state index contributed by atoms with van der Waals surface area (Å²) in [5.41, 5.74) is 9.69. The molecule has 4 aromatic rings. The van der Waals surface area contributed by atoms with E-state index < -0.39 is 0 Å². The Balaban J connectivity index is 1.23. The van der Waals surface area contributed by atoms with Crippen molar-refractivity contribution >= 4 is 41.3 Å². The van der Waals surface area contributed by atoms with Gasteiger partial charge >= 0.3 is 0 Å². The van der Waals surface area contributed by atoms with Gasteiger partial charge in [-0.25, -0.2) is 9.37 Å². The number of ether oxygens (including phenoxy) is 1. The molecule has 2 heterocycles. The van der Waals surface area contributed by atoms with Gasteiger partial charge in [-0.05, 0) is 129 Å². The van der Waals surface area contributed by atoms with Crippen LogP contribution < -0.4 is 5.32 Å². The third-order valence-electron chi connectivity index (χ3n) is 10.2. The molecule has 52 heavy (non-hydrogen) atoms. The normalized spacial score (nSPS) is 16.7. The maximum atomic E-state index is 14.2. The number of hydrogen-bond donors (Lipinski definition) is 1. The molecule has 0 bridgehead atoms. The summed E-state index contributed by atoms with van der Waals surface area (Å²) in [4.78, 5) is 24.0. The van der Waals surface area contributed by atoms with E-state index in [-0.39, 0.29) is 17.3 Å². The second-order valence-corrected chi connectivity index (χ2v) is 14.5. The van der Waals surface area contributed by atoms with Gasteiger partial charge in [0.25, 0.3) is 0 Å². The second kappa shape index (κ2) is 16.5. The van der Waals surface area contributed by atoms with E-state index in [2.05, 4.69) is 83.7 Å². The molecule has 0 saturated heterocycles. The van der Waals surface area contributed by atoms with Gasteiger partial charge in [0, 0.05) is 37.5 Å². The summed E-state index contributed by atoms with van der Waals surface area (Å²) in [6.07, 6.45) is 13.2. The highest BCUT2D eigenvalue weighted by molar-refractivity contribution is 6.30. The molecule has 272 valence electrons. The van der Waals surface area contributed by atoms with Gasteiger partial charge < -0.3 is 19.4 Å². The molecule has 1 unspecified atom stereocenters. The van der Waals surface area contributed by atoms with E-state index in [9.17, 15) is 9.18 Å². The van der Waals surface area contributed by atoms with Crippen molar-refractivity contribution in [2.45, 2.75) is 77.5 Å². The van der Waals surface area contributed by atoms with E-state index in [1.165, 1.54) is 6.07 Å². The molecule has 1 aromatic heterocycles. The van der Waals surface area contributed by atoms with Gasteiger partial charge in [-0.1, -0.05) is 48.9 Å². The van der Waals surface area contributed by atoms with E-state index in [1.54, 1.807) is 12.1 Å². The van der Waals surface area contributed by atoms with Crippen LogP contribution in [0, 0.1) is 12.7 Å². The van der Waals surface area contributed by atoms with Crippen molar-refractivity contribution in [3.05, 3.63) is 117 Å². The van der Waals surface area contributed by atoms with Gasteiger partial charge in [0.05, 0.1) is 41.3 Å². The van der Waals surface area contributed by atoms with Gasteiger partial charge in [0.1, 0.15) is 17.9 Å². The van der Waals surface area contributed by atoms with Crippen LogP contribution in [0.1, 0.15) is 62.0 Å². The van der Waals surface area contributed by atoms with Crippen molar-refractivity contribution in [1.82, 2.24) is 14.5 Å². The fraction of sp³-hybridized carbons (Fsp3) is 0.372. The number of carbonyl (C=O) groups excluding carboxylic acids is 1. The molecule has 0 spiro atoms. The zero-order valence-corrected chi connectivity index (χ0v) is 31.5. The number of carbonyl (C=O) groups is 1. The Morgan fingerprint density at radius 2 is 2.02 bits per heavy atom. The third-order valence-corrected chi connectivity index (χ3v) is 10.5. The number of aliphatic imine (C=N–C) groups is 1. The van der Waals surface area contributed by atoms with Crippen molar-refractivity contribution in [3.8, 4) is 11.1 Å². The van der Waals surface area contributed by atoms with E-state index in [0.29, 0.717) is 36.7 Å². The average Bonchev–Trinajstić information content (AvgIpc) is 3.88. The maximum Gasteiger partial charge on any atom is 0.130 e. The number of halogens is 2. The molecule has 2 aliphatic rings. The molecule has 1 saturated carbocycles. The molecular weight excluding hydrogens is 673 g/mol. The zero-order chi connectivity index (χ0) is 36.8. The fourth-order valence-corrected chi connectivity index (χ4v) is 7.32. The number of anilines is 1. The molecule has 0 amide bonds. The van der Waals surface area contributed by atoms with E-state index in [4.69, 9.17) is 21.3 Å². The van der Waals surface area contributed by atoms with E-state index in [0.717, 1.165) is 101 Å². The average molecular weight is 722 g/mol. The molecule has 1 fully saturated rings. The highest BCUT2D eigenvalue weighted by Gasteiger charge is 2.46. The predicted molar refractivity (Wildman–Crippen MR) is 212 cm³/mol. The summed E-state index contributed by atoms with van der Waals surface area (Å²) in [5.74, 6) is 0.701. The number of aldehydes is 1. The Labute approximate surface area is 311 Å². The van der Waals surface area contributed by atoms with Crippen molar-refractivity contribution in [2.24, 2.45) is 4.99 Å². The predicted octanol–water partition coefficient (Wildman–Crippen LogP) is 9.41. The lowest BCUT2D eigenvalue weighted by atomic mass is 9.89. The van der Waals surface area contributed by atoms with Gasteiger partial charge in [-0.3, -0.25) is 9.89 Å². The van der Waals surface area contributed by atoms with Crippen molar-refractivity contribution in [3.63, 3.8) is 0 Å². The molecular formula is C43H49ClFN5O2. The summed E-state index contributed by atoms with van der Waals surface area (Å²) in [5, 5.41) is 3.74. The standard InChI is InChI=1S/C43H49ClFN5O2/c1-6-21-52-30(3)26-50-40-24-33(34-22-29(2)42(47-5)36(23-34)43(28-51)17-18-43)12-14-39(40)48-41(50)27-49-19-15-32(16-20-49)38(46-4)10-8-7-9-31-11-13-35(44)25-37(31)45/h7-8,10-15,22-25,28,30,47H,4,6,9,16-21,26-27H2,1-3,5H3/b8-7-,38-10-.